The van der Waals surface area contributed by atoms with E-state index in [1.54, 1.807) is 24.3 Å². The maximum absolute atomic E-state index is 12.2. The highest BCUT2D eigenvalue weighted by Crippen LogP contribution is 2.15. The van der Waals surface area contributed by atoms with Gasteiger partial charge in [0.2, 0.25) is 0 Å². The van der Waals surface area contributed by atoms with Crippen LogP contribution in [0.3, 0.4) is 0 Å². The van der Waals surface area contributed by atoms with E-state index in [0.29, 0.717) is 5.75 Å². The summed E-state index contributed by atoms with van der Waals surface area (Å²) in [4.78, 5) is 11.9. The number of aromatic nitrogens is 2. The van der Waals surface area contributed by atoms with Gasteiger partial charge in [0.15, 0.2) is 10.9 Å². The van der Waals surface area contributed by atoms with E-state index < -0.39 is 17.9 Å². The number of methoxy groups -OCH3 is 1. The number of nitrogens with zero attached hydrogens (tertiary/aromatic N) is 2. The molecule has 0 aliphatic carbocycles. The molecule has 1 aromatic heterocycles. The Hall–Kier alpha value is -2.15. The van der Waals surface area contributed by atoms with E-state index in [-0.39, 0.29) is 11.7 Å². The summed E-state index contributed by atoms with van der Waals surface area (Å²) in [5.74, 6) is 0.116. The zero-order chi connectivity index (χ0) is 15.4. The fraction of sp³-hybridized carbons (Fsp3) is 0.231. The second-order valence-corrected chi connectivity index (χ2v) is 4.41. The van der Waals surface area contributed by atoms with Crippen LogP contribution >= 0.6 is 11.6 Å². The number of hydrogen-bond donors (Lipinski definition) is 0. The van der Waals surface area contributed by atoms with Crippen LogP contribution in [-0.2, 0) is 6.54 Å². The quantitative estimate of drug-likeness (QED) is 0.850. The zero-order valence-corrected chi connectivity index (χ0v) is 11.7. The van der Waals surface area contributed by atoms with Gasteiger partial charge in [-0.2, -0.15) is 13.9 Å². The largest absolute Gasteiger partial charge is 0.497 e. The lowest BCUT2D eigenvalue weighted by atomic mass is 10.2. The fourth-order valence-corrected chi connectivity index (χ4v) is 1.87. The van der Waals surface area contributed by atoms with Crippen LogP contribution in [0.15, 0.2) is 35.1 Å². The van der Waals surface area contributed by atoms with E-state index in [1.807, 2.05) is 0 Å². The molecule has 0 aliphatic heterocycles. The van der Waals surface area contributed by atoms with Crippen LogP contribution in [0, 0.1) is 0 Å². The topological polar surface area (TPSA) is 53.4 Å². The SMILES string of the molecule is COc1ccc(Cn2nc(Cl)cc(OC(F)F)c2=O)cc1. The minimum absolute atomic E-state index is 0.0724. The molecule has 1 aromatic carbocycles. The summed E-state index contributed by atoms with van der Waals surface area (Å²) < 4.78 is 34.6. The molecule has 0 amide bonds. The summed E-state index contributed by atoms with van der Waals surface area (Å²) in [5.41, 5.74) is -0.0498. The Kier molecular flexibility index (Phi) is 4.74. The van der Waals surface area contributed by atoms with Crippen molar-refractivity contribution in [1.29, 1.82) is 0 Å². The van der Waals surface area contributed by atoms with Gasteiger partial charge in [-0.1, -0.05) is 23.7 Å². The predicted molar refractivity (Wildman–Crippen MR) is 72.2 cm³/mol. The van der Waals surface area contributed by atoms with Gasteiger partial charge in [-0.25, -0.2) is 4.68 Å². The minimum Gasteiger partial charge on any atom is -0.497 e. The number of benzene rings is 1. The predicted octanol–water partition coefficient (Wildman–Crippen LogP) is 2.56. The molecule has 112 valence electrons. The Morgan fingerprint density at radius 2 is 2.00 bits per heavy atom. The molecule has 0 saturated heterocycles. The summed E-state index contributed by atoms with van der Waals surface area (Å²) in [5, 5.41) is 3.68. The third-order valence-electron chi connectivity index (χ3n) is 2.62. The molecule has 2 rings (SSSR count). The lowest BCUT2D eigenvalue weighted by Crippen LogP contribution is -2.26. The molecule has 0 spiro atoms. The third-order valence-corrected chi connectivity index (χ3v) is 2.80. The number of halogens is 3. The molecule has 0 fully saturated rings. The molecule has 5 nitrogen and oxygen atoms in total. The lowest BCUT2D eigenvalue weighted by Gasteiger charge is -2.09. The van der Waals surface area contributed by atoms with Crippen molar-refractivity contribution in [2.24, 2.45) is 0 Å². The highest BCUT2D eigenvalue weighted by molar-refractivity contribution is 6.29. The second-order valence-electron chi connectivity index (χ2n) is 4.02. The van der Waals surface area contributed by atoms with Crippen LogP contribution in [0.1, 0.15) is 5.56 Å². The van der Waals surface area contributed by atoms with Crippen molar-refractivity contribution < 1.29 is 18.3 Å². The molecule has 2 aromatic rings. The molecule has 21 heavy (non-hydrogen) atoms. The minimum atomic E-state index is -3.11. The van der Waals surface area contributed by atoms with Gasteiger partial charge < -0.3 is 9.47 Å². The van der Waals surface area contributed by atoms with Gasteiger partial charge in [-0.3, -0.25) is 4.79 Å². The van der Waals surface area contributed by atoms with E-state index in [0.717, 1.165) is 16.3 Å². The van der Waals surface area contributed by atoms with E-state index in [4.69, 9.17) is 16.3 Å². The van der Waals surface area contributed by atoms with Crippen LogP contribution in [0.5, 0.6) is 11.5 Å². The van der Waals surface area contributed by atoms with Gasteiger partial charge in [0.1, 0.15) is 5.75 Å². The lowest BCUT2D eigenvalue weighted by molar-refractivity contribution is -0.0512. The highest BCUT2D eigenvalue weighted by atomic mass is 35.5. The maximum Gasteiger partial charge on any atom is 0.387 e. The summed E-state index contributed by atoms with van der Waals surface area (Å²) in [6.07, 6.45) is 0. The van der Waals surface area contributed by atoms with Gasteiger partial charge in [-0.05, 0) is 17.7 Å². The van der Waals surface area contributed by atoms with Crippen LogP contribution < -0.4 is 15.0 Å². The number of alkyl halides is 2. The Morgan fingerprint density at radius 3 is 2.57 bits per heavy atom. The Bertz CT molecular complexity index is 674. The van der Waals surface area contributed by atoms with Crippen LogP contribution in [0.4, 0.5) is 8.78 Å². The molecule has 0 N–H and O–H groups in total. The standard InChI is InChI=1S/C13H11ClF2N2O3/c1-20-9-4-2-8(3-5-9)7-18-12(19)10(21-13(15)16)6-11(14)17-18/h2-6,13H,7H2,1H3. The van der Waals surface area contributed by atoms with Crippen molar-refractivity contribution in [3.8, 4) is 11.5 Å². The normalized spacial score (nSPS) is 10.7. The van der Waals surface area contributed by atoms with Gasteiger partial charge in [0, 0.05) is 6.07 Å². The summed E-state index contributed by atoms with van der Waals surface area (Å²) in [6.45, 7) is -3.03. The van der Waals surface area contributed by atoms with Crippen molar-refractivity contribution in [3.05, 3.63) is 51.4 Å². The van der Waals surface area contributed by atoms with Crippen LogP contribution in [0.25, 0.3) is 0 Å². The van der Waals surface area contributed by atoms with Crippen molar-refractivity contribution in [2.45, 2.75) is 13.2 Å². The maximum atomic E-state index is 12.2. The monoisotopic (exact) mass is 316 g/mol. The van der Waals surface area contributed by atoms with Crippen LogP contribution in [-0.4, -0.2) is 23.5 Å². The molecule has 0 aliphatic rings. The van der Waals surface area contributed by atoms with Gasteiger partial charge in [0.05, 0.1) is 13.7 Å². The van der Waals surface area contributed by atoms with Crippen molar-refractivity contribution in [2.75, 3.05) is 7.11 Å². The molecular weight excluding hydrogens is 306 g/mol. The molecule has 0 atom stereocenters. The number of hydrogen-bond acceptors (Lipinski definition) is 4. The summed E-state index contributed by atoms with van der Waals surface area (Å²) >= 11 is 5.70. The van der Waals surface area contributed by atoms with Gasteiger partial charge in [0.25, 0.3) is 0 Å². The van der Waals surface area contributed by atoms with Crippen LogP contribution in [0.2, 0.25) is 5.15 Å². The Labute approximate surface area is 123 Å². The van der Waals surface area contributed by atoms with Crippen molar-refractivity contribution >= 4 is 11.6 Å². The summed E-state index contributed by atoms with van der Waals surface area (Å²) in [6, 6.07) is 7.83. The molecule has 0 unspecified atom stereocenters. The average molecular weight is 317 g/mol. The van der Waals surface area contributed by atoms with Crippen molar-refractivity contribution in [1.82, 2.24) is 9.78 Å². The second kappa shape index (κ2) is 6.53. The molecule has 0 saturated carbocycles. The number of ether oxygens (including phenoxy) is 2. The molecule has 1 heterocycles. The molecular formula is C13H11ClF2N2O3. The fourth-order valence-electron chi connectivity index (χ4n) is 1.68. The van der Waals surface area contributed by atoms with Crippen molar-refractivity contribution in [3.63, 3.8) is 0 Å². The summed E-state index contributed by atoms with van der Waals surface area (Å²) in [7, 11) is 1.53. The molecule has 8 heteroatoms. The zero-order valence-electron chi connectivity index (χ0n) is 10.9. The average Bonchev–Trinajstić information content (AvgIpc) is 2.44. The van der Waals surface area contributed by atoms with Gasteiger partial charge in [-0.15, -0.1) is 0 Å². The van der Waals surface area contributed by atoms with E-state index in [1.165, 1.54) is 7.11 Å². The Morgan fingerprint density at radius 1 is 1.33 bits per heavy atom. The first-order valence-electron chi connectivity index (χ1n) is 5.85. The molecule has 0 radical (unpaired) electrons. The highest BCUT2D eigenvalue weighted by Gasteiger charge is 2.13. The first-order valence-corrected chi connectivity index (χ1v) is 6.23. The smallest absolute Gasteiger partial charge is 0.387 e. The van der Waals surface area contributed by atoms with E-state index in [2.05, 4.69) is 9.84 Å². The number of rotatable bonds is 5. The Balaban J connectivity index is 2.30. The molecule has 0 bridgehead atoms. The third kappa shape index (κ3) is 3.91. The first-order chi connectivity index (χ1) is 9.99. The van der Waals surface area contributed by atoms with Gasteiger partial charge >= 0.3 is 12.2 Å². The van der Waals surface area contributed by atoms with E-state index in [9.17, 15) is 13.6 Å². The first kappa shape index (κ1) is 15.2. The van der Waals surface area contributed by atoms with E-state index >= 15 is 0 Å².